The molecule has 0 aromatic carbocycles. The fourth-order valence-electron chi connectivity index (χ4n) is 2.46. The molecule has 0 saturated carbocycles. The normalized spacial score (nSPS) is 17.8. The second kappa shape index (κ2) is 5.22. The van der Waals surface area contributed by atoms with Gasteiger partial charge in [-0.3, -0.25) is 14.5 Å². The largest absolute Gasteiger partial charge is 0.353 e. The Balaban J connectivity index is 1.56. The minimum absolute atomic E-state index is 0.0611. The highest BCUT2D eigenvalue weighted by Crippen LogP contribution is 2.13. The fourth-order valence-corrected chi connectivity index (χ4v) is 2.46. The lowest BCUT2D eigenvalue weighted by atomic mass is 10.0. The van der Waals surface area contributed by atoms with Crippen molar-refractivity contribution in [2.45, 2.75) is 31.8 Å². The number of fused-ring (bicyclic) bond motifs is 1. The highest BCUT2D eigenvalue weighted by atomic mass is 16.1. The molecule has 0 saturated heterocycles. The highest BCUT2D eigenvalue weighted by molar-refractivity contribution is 5.78. The lowest BCUT2D eigenvalue weighted by molar-refractivity contribution is -0.121. The molecule has 1 amide bonds. The summed E-state index contributed by atoms with van der Waals surface area (Å²) in [7, 11) is 0. The smallest absolute Gasteiger partial charge is 0.224 e. The number of pyridine rings is 1. The van der Waals surface area contributed by atoms with E-state index in [9.17, 15) is 4.79 Å². The van der Waals surface area contributed by atoms with Crippen molar-refractivity contribution in [3.63, 3.8) is 0 Å². The highest BCUT2D eigenvalue weighted by Gasteiger charge is 2.20. The average molecular weight is 256 g/mol. The van der Waals surface area contributed by atoms with Crippen molar-refractivity contribution in [2.75, 3.05) is 0 Å². The molecule has 5 heteroatoms. The van der Waals surface area contributed by atoms with Crippen molar-refractivity contribution in [1.29, 1.82) is 0 Å². The maximum atomic E-state index is 12.0. The number of carbonyl (C=O) groups is 1. The standard InChI is InChI=1S/C14H16N4O/c19-14(8-11-2-1-5-15-10-11)17-12-4-7-18-13(9-12)3-6-16-18/h1-3,5-6,10,12H,4,7-9H2,(H,17,19). The van der Waals surface area contributed by atoms with Crippen LogP contribution in [0, 0.1) is 0 Å². The van der Waals surface area contributed by atoms with Gasteiger partial charge in [-0.1, -0.05) is 6.07 Å². The number of nitrogens with zero attached hydrogens (tertiary/aromatic N) is 3. The molecule has 3 rings (SSSR count). The molecule has 0 spiro atoms. The molecule has 1 aliphatic rings. The Hall–Kier alpha value is -2.17. The van der Waals surface area contributed by atoms with Crippen LogP contribution in [0.15, 0.2) is 36.8 Å². The molecule has 0 bridgehead atoms. The van der Waals surface area contributed by atoms with Crippen molar-refractivity contribution in [3.05, 3.63) is 48.0 Å². The molecule has 1 unspecified atom stereocenters. The Labute approximate surface area is 111 Å². The van der Waals surface area contributed by atoms with Crippen LogP contribution >= 0.6 is 0 Å². The molecule has 0 radical (unpaired) electrons. The van der Waals surface area contributed by atoms with Crippen LogP contribution in [0.25, 0.3) is 0 Å². The molecular weight excluding hydrogens is 240 g/mol. The summed E-state index contributed by atoms with van der Waals surface area (Å²) in [6, 6.07) is 6.00. The van der Waals surface area contributed by atoms with E-state index in [4.69, 9.17) is 0 Å². The van der Waals surface area contributed by atoms with Gasteiger partial charge in [0, 0.05) is 43.3 Å². The van der Waals surface area contributed by atoms with Crippen molar-refractivity contribution in [3.8, 4) is 0 Å². The van der Waals surface area contributed by atoms with Crippen LogP contribution in [0.5, 0.6) is 0 Å². The summed E-state index contributed by atoms with van der Waals surface area (Å²) in [6.45, 7) is 0.875. The van der Waals surface area contributed by atoms with E-state index < -0.39 is 0 Å². The monoisotopic (exact) mass is 256 g/mol. The second-order valence-corrected chi connectivity index (χ2v) is 4.84. The van der Waals surface area contributed by atoms with E-state index in [2.05, 4.69) is 15.4 Å². The Bertz CT molecular complexity index is 564. The summed E-state index contributed by atoms with van der Waals surface area (Å²) in [4.78, 5) is 16.0. The molecule has 19 heavy (non-hydrogen) atoms. The van der Waals surface area contributed by atoms with Crippen LogP contribution in [-0.4, -0.2) is 26.7 Å². The third-order valence-corrected chi connectivity index (χ3v) is 3.40. The van der Waals surface area contributed by atoms with Crippen LogP contribution in [0.3, 0.4) is 0 Å². The summed E-state index contributed by atoms with van der Waals surface area (Å²) in [5, 5.41) is 7.32. The number of rotatable bonds is 3. The summed E-state index contributed by atoms with van der Waals surface area (Å²) >= 11 is 0. The van der Waals surface area contributed by atoms with Gasteiger partial charge in [0.15, 0.2) is 0 Å². The van der Waals surface area contributed by atoms with Gasteiger partial charge >= 0.3 is 0 Å². The molecular formula is C14H16N4O. The van der Waals surface area contributed by atoms with E-state index >= 15 is 0 Å². The number of amides is 1. The van der Waals surface area contributed by atoms with E-state index in [-0.39, 0.29) is 11.9 Å². The van der Waals surface area contributed by atoms with Gasteiger partial charge in [-0.05, 0) is 24.1 Å². The minimum Gasteiger partial charge on any atom is -0.353 e. The quantitative estimate of drug-likeness (QED) is 0.889. The first-order chi connectivity index (χ1) is 9.31. The van der Waals surface area contributed by atoms with Crippen LogP contribution in [0.1, 0.15) is 17.7 Å². The van der Waals surface area contributed by atoms with Gasteiger partial charge in [0.1, 0.15) is 0 Å². The van der Waals surface area contributed by atoms with Crippen LogP contribution in [0.2, 0.25) is 0 Å². The van der Waals surface area contributed by atoms with Gasteiger partial charge in [-0.25, -0.2) is 0 Å². The Morgan fingerprint density at radius 2 is 2.37 bits per heavy atom. The molecule has 0 fully saturated rings. The Morgan fingerprint density at radius 1 is 1.42 bits per heavy atom. The molecule has 98 valence electrons. The van der Waals surface area contributed by atoms with E-state index in [1.54, 1.807) is 12.4 Å². The Kier molecular flexibility index (Phi) is 3.27. The number of nitrogens with one attached hydrogen (secondary N) is 1. The van der Waals surface area contributed by atoms with Crippen LogP contribution < -0.4 is 5.32 Å². The molecule has 1 N–H and O–H groups in total. The van der Waals surface area contributed by atoms with E-state index in [0.717, 1.165) is 24.9 Å². The lowest BCUT2D eigenvalue weighted by Gasteiger charge is -2.24. The predicted octanol–water partition coefficient (Wildman–Crippen LogP) is 0.952. The zero-order valence-electron chi connectivity index (χ0n) is 10.6. The van der Waals surface area contributed by atoms with Crippen LogP contribution in [0.4, 0.5) is 0 Å². The maximum absolute atomic E-state index is 12.0. The third kappa shape index (κ3) is 2.81. The van der Waals surface area contributed by atoms with Gasteiger partial charge < -0.3 is 5.32 Å². The number of aryl methyl sites for hydroxylation is 1. The average Bonchev–Trinajstić information content (AvgIpc) is 2.87. The summed E-state index contributed by atoms with van der Waals surface area (Å²) in [6.07, 6.45) is 7.45. The van der Waals surface area contributed by atoms with Gasteiger partial charge in [0.25, 0.3) is 0 Å². The number of hydrogen-bond donors (Lipinski definition) is 1. The molecule has 1 atom stereocenters. The first kappa shape index (κ1) is 11.9. The first-order valence-electron chi connectivity index (χ1n) is 6.50. The molecule has 3 heterocycles. The van der Waals surface area contributed by atoms with Gasteiger partial charge in [0.2, 0.25) is 5.91 Å². The minimum atomic E-state index is 0.0611. The van der Waals surface area contributed by atoms with Crippen molar-refractivity contribution >= 4 is 5.91 Å². The molecule has 0 aliphatic carbocycles. The number of aromatic nitrogens is 3. The maximum Gasteiger partial charge on any atom is 0.224 e. The zero-order valence-corrected chi connectivity index (χ0v) is 10.6. The Morgan fingerprint density at radius 3 is 3.21 bits per heavy atom. The van der Waals surface area contributed by atoms with E-state index in [1.165, 1.54) is 5.69 Å². The van der Waals surface area contributed by atoms with E-state index in [0.29, 0.717) is 6.42 Å². The SMILES string of the molecule is O=C(Cc1cccnc1)NC1CCn2nccc2C1. The van der Waals surface area contributed by atoms with Crippen LogP contribution in [-0.2, 0) is 24.2 Å². The lowest BCUT2D eigenvalue weighted by Crippen LogP contribution is -2.40. The second-order valence-electron chi connectivity index (χ2n) is 4.84. The fraction of sp³-hybridized carbons (Fsp3) is 0.357. The molecule has 2 aromatic rings. The number of carbonyl (C=O) groups excluding carboxylic acids is 1. The van der Waals surface area contributed by atoms with Crippen molar-refractivity contribution in [2.24, 2.45) is 0 Å². The molecule has 2 aromatic heterocycles. The van der Waals surface area contributed by atoms with E-state index in [1.807, 2.05) is 29.1 Å². The first-order valence-corrected chi connectivity index (χ1v) is 6.50. The molecule has 1 aliphatic heterocycles. The molecule has 5 nitrogen and oxygen atoms in total. The summed E-state index contributed by atoms with van der Waals surface area (Å²) in [5.41, 5.74) is 2.14. The summed E-state index contributed by atoms with van der Waals surface area (Å²) < 4.78 is 2.00. The van der Waals surface area contributed by atoms with Gasteiger partial charge in [-0.2, -0.15) is 5.10 Å². The summed E-state index contributed by atoms with van der Waals surface area (Å²) in [5.74, 6) is 0.0611. The third-order valence-electron chi connectivity index (χ3n) is 3.40. The number of hydrogen-bond acceptors (Lipinski definition) is 3. The van der Waals surface area contributed by atoms with Crippen molar-refractivity contribution in [1.82, 2.24) is 20.1 Å². The van der Waals surface area contributed by atoms with Crippen molar-refractivity contribution < 1.29 is 4.79 Å². The predicted molar refractivity (Wildman–Crippen MR) is 70.4 cm³/mol. The van der Waals surface area contributed by atoms with Gasteiger partial charge in [-0.15, -0.1) is 0 Å². The zero-order chi connectivity index (χ0) is 13.1. The topological polar surface area (TPSA) is 59.8 Å². The van der Waals surface area contributed by atoms with Gasteiger partial charge in [0.05, 0.1) is 6.42 Å².